The highest BCUT2D eigenvalue weighted by Crippen LogP contribution is 2.41. The molecule has 2 fully saturated rings. The molecule has 0 unspecified atom stereocenters. The van der Waals surface area contributed by atoms with Crippen LogP contribution in [-0.4, -0.2) is 45.7 Å². The van der Waals surface area contributed by atoms with Gasteiger partial charge < -0.3 is 9.80 Å². The third kappa shape index (κ3) is 3.52. The fourth-order valence-electron chi connectivity index (χ4n) is 4.56. The molecule has 1 aromatic heterocycles. The highest BCUT2D eigenvalue weighted by Gasteiger charge is 2.36. The molecule has 0 radical (unpaired) electrons. The van der Waals surface area contributed by atoms with Crippen LogP contribution in [0.1, 0.15) is 58.8 Å². The van der Waals surface area contributed by atoms with Crippen molar-refractivity contribution in [2.75, 3.05) is 13.1 Å². The summed E-state index contributed by atoms with van der Waals surface area (Å²) in [5.74, 6) is 0.210. The van der Waals surface area contributed by atoms with E-state index in [1.165, 1.54) is 6.07 Å². The molecular weight excluding hydrogens is 369 g/mol. The maximum absolute atomic E-state index is 14.2. The second kappa shape index (κ2) is 7.25. The van der Waals surface area contributed by atoms with Crippen LogP contribution in [0.2, 0.25) is 0 Å². The Labute approximate surface area is 169 Å². The number of piperidine rings is 1. The van der Waals surface area contributed by atoms with E-state index in [2.05, 4.69) is 4.98 Å². The summed E-state index contributed by atoms with van der Waals surface area (Å²) < 4.78 is 14.2. The largest absolute Gasteiger partial charge is 0.342 e. The number of hydrogen-bond acceptors (Lipinski definition) is 3. The molecule has 2 aromatic rings. The first-order valence-corrected chi connectivity index (χ1v) is 10.4. The Kier molecular flexibility index (Phi) is 4.57. The molecule has 3 aliphatic rings. The zero-order valence-electron chi connectivity index (χ0n) is 16.3. The van der Waals surface area contributed by atoms with Gasteiger partial charge in [-0.3, -0.25) is 14.6 Å². The van der Waals surface area contributed by atoms with Gasteiger partial charge in [-0.2, -0.15) is 0 Å². The number of rotatable bonds is 4. The Balaban J connectivity index is 1.17. The molecular formula is C23H24FN3O2. The highest BCUT2D eigenvalue weighted by molar-refractivity contribution is 5.96. The number of aromatic nitrogens is 1. The lowest BCUT2D eigenvalue weighted by molar-refractivity contribution is -0.131. The smallest absolute Gasteiger partial charge is 0.273 e. The average molecular weight is 393 g/mol. The van der Waals surface area contributed by atoms with Crippen molar-refractivity contribution in [1.82, 2.24) is 14.8 Å². The standard InChI is InChI=1S/C23H24FN3O2/c24-20-12-15(3-6-19(20)16-4-5-16)13-21(28)26-10-7-18(8-11-26)27-14-17-2-1-9-25-22(17)23(27)29/h1-3,6,9,12,16,18H,4-5,7-8,10-11,13-14H2. The Bertz CT molecular complexity index is 964. The summed E-state index contributed by atoms with van der Waals surface area (Å²) >= 11 is 0. The van der Waals surface area contributed by atoms with Crippen LogP contribution >= 0.6 is 0 Å². The number of amides is 2. The topological polar surface area (TPSA) is 53.5 Å². The predicted octanol–water partition coefficient (Wildman–Crippen LogP) is 3.29. The van der Waals surface area contributed by atoms with E-state index in [1.54, 1.807) is 6.20 Å². The summed E-state index contributed by atoms with van der Waals surface area (Å²) in [5.41, 5.74) is 3.05. The number of carbonyl (C=O) groups is 2. The van der Waals surface area contributed by atoms with Gasteiger partial charge in [0.1, 0.15) is 11.5 Å². The zero-order chi connectivity index (χ0) is 20.0. The van der Waals surface area contributed by atoms with E-state index in [4.69, 9.17) is 0 Å². The van der Waals surface area contributed by atoms with Crippen LogP contribution in [0.5, 0.6) is 0 Å². The van der Waals surface area contributed by atoms with Gasteiger partial charge in [0.25, 0.3) is 5.91 Å². The summed E-state index contributed by atoms with van der Waals surface area (Å²) in [6, 6.07) is 9.19. The first-order valence-electron chi connectivity index (χ1n) is 10.4. The highest BCUT2D eigenvalue weighted by atomic mass is 19.1. The normalized spacial score (nSPS) is 19.6. The van der Waals surface area contributed by atoms with E-state index in [1.807, 2.05) is 34.1 Å². The lowest BCUT2D eigenvalue weighted by Crippen LogP contribution is -2.47. The summed E-state index contributed by atoms with van der Waals surface area (Å²) in [6.07, 6.45) is 5.53. The quantitative estimate of drug-likeness (QED) is 0.801. The molecule has 5 nitrogen and oxygen atoms in total. The minimum Gasteiger partial charge on any atom is -0.342 e. The Morgan fingerprint density at radius 3 is 2.62 bits per heavy atom. The molecule has 3 heterocycles. The molecule has 0 N–H and O–H groups in total. The van der Waals surface area contributed by atoms with Gasteiger partial charge >= 0.3 is 0 Å². The number of carbonyl (C=O) groups excluding carboxylic acids is 2. The van der Waals surface area contributed by atoms with Crippen LogP contribution in [0.15, 0.2) is 36.5 Å². The number of fused-ring (bicyclic) bond motifs is 1. The van der Waals surface area contributed by atoms with E-state index in [9.17, 15) is 14.0 Å². The molecule has 6 heteroatoms. The average Bonchev–Trinajstić information content (AvgIpc) is 3.52. The molecule has 1 saturated carbocycles. The van der Waals surface area contributed by atoms with E-state index in [0.717, 1.165) is 42.4 Å². The molecule has 29 heavy (non-hydrogen) atoms. The maximum Gasteiger partial charge on any atom is 0.273 e. The van der Waals surface area contributed by atoms with Gasteiger partial charge in [0, 0.05) is 37.4 Å². The van der Waals surface area contributed by atoms with Gasteiger partial charge in [0.2, 0.25) is 5.91 Å². The number of hydrogen-bond donors (Lipinski definition) is 0. The van der Waals surface area contributed by atoms with Crippen molar-refractivity contribution in [3.05, 3.63) is 64.7 Å². The number of benzene rings is 1. The van der Waals surface area contributed by atoms with Crippen LogP contribution in [0, 0.1) is 5.82 Å². The van der Waals surface area contributed by atoms with Gasteiger partial charge in [-0.1, -0.05) is 18.2 Å². The molecule has 150 valence electrons. The third-order valence-corrected chi connectivity index (χ3v) is 6.39. The lowest BCUT2D eigenvalue weighted by atomic mass is 10.0. The Hall–Kier alpha value is -2.76. The third-order valence-electron chi connectivity index (χ3n) is 6.39. The van der Waals surface area contributed by atoms with Crippen molar-refractivity contribution in [2.45, 2.75) is 50.6 Å². The molecule has 0 bridgehead atoms. The van der Waals surface area contributed by atoms with Gasteiger partial charge in [-0.05, 0) is 54.9 Å². The number of halogens is 1. The molecule has 2 amide bonds. The molecule has 0 spiro atoms. The summed E-state index contributed by atoms with van der Waals surface area (Å²) in [7, 11) is 0. The maximum atomic E-state index is 14.2. The van der Waals surface area contributed by atoms with Gasteiger partial charge in [0.05, 0.1) is 6.42 Å². The monoisotopic (exact) mass is 393 g/mol. The fourth-order valence-corrected chi connectivity index (χ4v) is 4.56. The van der Waals surface area contributed by atoms with Gasteiger partial charge in [-0.15, -0.1) is 0 Å². The van der Waals surface area contributed by atoms with Crippen molar-refractivity contribution in [3.63, 3.8) is 0 Å². The predicted molar refractivity (Wildman–Crippen MR) is 106 cm³/mol. The minimum atomic E-state index is -0.183. The number of nitrogens with zero attached hydrogens (tertiary/aromatic N) is 3. The van der Waals surface area contributed by atoms with Crippen LogP contribution in [-0.2, 0) is 17.8 Å². The van der Waals surface area contributed by atoms with E-state index in [-0.39, 0.29) is 30.1 Å². The molecule has 1 aromatic carbocycles. The van der Waals surface area contributed by atoms with Crippen molar-refractivity contribution >= 4 is 11.8 Å². The first-order chi connectivity index (χ1) is 14.1. The molecule has 5 rings (SSSR count). The molecule has 0 atom stereocenters. The van der Waals surface area contributed by atoms with Crippen molar-refractivity contribution in [2.24, 2.45) is 0 Å². The summed E-state index contributed by atoms with van der Waals surface area (Å²) in [6.45, 7) is 1.85. The van der Waals surface area contributed by atoms with Crippen LogP contribution in [0.4, 0.5) is 4.39 Å². The van der Waals surface area contributed by atoms with E-state index < -0.39 is 0 Å². The SMILES string of the molecule is O=C(Cc1ccc(C2CC2)c(F)c1)N1CCC(N2Cc3cccnc3C2=O)CC1. The van der Waals surface area contributed by atoms with Crippen LogP contribution in [0.3, 0.4) is 0 Å². The lowest BCUT2D eigenvalue weighted by Gasteiger charge is -2.36. The first kappa shape index (κ1) is 18.3. The zero-order valence-corrected chi connectivity index (χ0v) is 16.3. The van der Waals surface area contributed by atoms with Crippen molar-refractivity contribution < 1.29 is 14.0 Å². The van der Waals surface area contributed by atoms with E-state index in [0.29, 0.717) is 31.2 Å². The Morgan fingerprint density at radius 2 is 1.93 bits per heavy atom. The minimum absolute atomic E-state index is 0.00314. The van der Waals surface area contributed by atoms with E-state index >= 15 is 0 Å². The Morgan fingerprint density at radius 1 is 1.14 bits per heavy atom. The van der Waals surface area contributed by atoms with Crippen LogP contribution in [0.25, 0.3) is 0 Å². The number of likely N-dealkylation sites (tertiary alicyclic amines) is 1. The summed E-state index contributed by atoms with van der Waals surface area (Å²) in [5, 5.41) is 0. The van der Waals surface area contributed by atoms with Gasteiger partial charge in [-0.25, -0.2) is 4.39 Å². The summed E-state index contributed by atoms with van der Waals surface area (Å²) in [4.78, 5) is 33.3. The molecule has 1 saturated heterocycles. The second-order valence-corrected chi connectivity index (χ2v) is 8.36. The fraction of sp³-hybridized carbons (Fsp3) is 0.435. The van der Waals surface area contributed by atoms with Crippen LogP contribution < -0.4 is 0 Å². The number of pyridine rings is 1. The molecule has 2 aliphatic heterocycles. The second-order valence-electron chi connectivity index (χ2n) is 8.36. The van der Waals surface area contributed by atoms with Crippen molar-refractivity contribution in [3.8, 4) is 0 Å². The van der Waals surface area contributed by atoms with Gasteiger partial charge in [0.15, 0.2) is 0 Å². The van der Waals surface area contributed by atoms with Crippen molar-refractivity contribution in [1.29, 1.82) is 0 Å². The molecule has 1 aliphatic carbocycles.